The maximum absolute atomic E-state index is 14.0. The maximum Gasteiger partial charge on any atom is 0.309 e. The van der Waals surface area contributed by atoms with E-state index in [0.717, 1.165) is 67.6 Å². The third-order valence-corrected chi connectivity index (χ3v) is 14.4. The zero-order valence-electron chi connectivity index (χ0n) is 33.8. The SMILES string of the molecule is CC(C)CCC[C@@H](C)[C@H]1CCC2C3CC=C4CC(OC(=O)C(CCC(C)CC(C)(C)C)C(C)CC(C)(C)C)CC[C@]4(C)C3CC[C@@]21C. The van der Waals surface area contributed by atoms with Gasteiger partial charge in [0, 0.05) is 6.42 Å². The Kier molecular flexibility index (Phi) is 12.6. The smallest absolute Gasteiger partial charge is 0.309 e. The van der Waals surface area contributed by atoms with E-state index in [1.165, 1.54) is 64.2 Å². The number of hydrogen-bond donors (Lipinski definition) is 0. The second-order valence-electron chi connectivity index (χ2n) is 21.4. The largest absolute Gasteiger partial charge is 0.462 e. The lowest BCUT2D eigenvalue weighted by molar-refractivity contribution is -0.159. The van der Waals surface area contributed by atoms with Gasteiger partial charge in [0.2, 0.25) is 0 Å². The van der Waals surface area contributed by atoms with Crippen molar-refractivity contribution in [1.82, 2.24) is 0 Å². The summed E-state index contributed by atoms with van der Waals surface area (Å²) >= 11 is 0. The molecule has 272 valence electrons. The molecule has 0 N–H and O–H groups in total. The maximum atomic E-state index is 14.0. The molecule has 0 spiro atoms. The first-order valence-corrected chi connectivity index (χ1v) is 20.6. The van der Waals surface area contributed by atoms with Gasteiger partial charge in [-0.2, -0.15) is 0 Å². The molecule has 0 bridgehead atoms. The molecule has 0 aromatic heterocycles. The molecule has 2 heteroatoms. The molecule has 7 unspecified atom stereocenters. The van der Waals surface area contributed by atoms with E-state index < -0.39 is 0 Å². The highest BCUT2D eigenvalue weighted by Crippen LogP contribution is 2.67. The Hall–Kier alpha value is -0.790. The van der Waals surface area contributed by atoms with E-state index in [9.17, 15) is 4.79 Å². The van der Waals surface area contributed by atoms with Gasteiger partial charge in [-0.05, 0) is 140 Å². The first kappa shape index (κ1) is 39.0. The molecular formula is C45H80O2. The molecule has 4 rings (SSSR count). The Bertz CT molecular complexity index is 1050. The highest BCUT2D eigenvalue weighted by atomic mass is 16.5. The third-order valence-electron chi connectivity index (χ3n) is 14.4. The number of fused-ring (bicyclic) bond motifs is 5. The lowest BCUT2D eigenvalue weighted by atomic mass is 9.47. The molecule has 0 saturated heterocycles. The van der Waals surface area contributed by atoms with Crippen LogP contribution in [0.25, 0.3) is 0 Å². The molecule has 3 fully saturated rings. The van der Waals surface area contributed by atoms with Gasteiger partial charge in [-0.15, -0.1) is 0 Å². The molecule has 3 saturated carbocycles. The van der Waals surface area contributed by atoms with Crippen LogP contribution in [0.5, 0.6) is 0 Å². The van der Waals surface area contributed by atoms with Crippen LogP contribution in [0.3, 0.4) is 0 Å². The highest BCUT2D eigenvalue weighted by molar-refractivity contribution is 5.73. The zero-order valence-corrected chi connectivity index (χ0v) is 33.8. The second kappa shape index (κ2) is 15.2. The van der Waals surface area contributed by atoms with Crippen LogP contribution in [0.4, 0.5) is 0 Å². The van der Waals surface area contributed by atoms with Crippen LogP contribution in [0.1, 0.15) is 186 Å². The molecule has 0 aromatic rings. The summed E-state index contributed by atoms with van der Waals surface area (Å²) in [6.45, 7) is 31.3. The Morgan fingerprint density at radius 1 is 0.830 bits per heavy atom. The fourth-order valence-corrected chi connectivity index (χ4v) is 12.4. The molecule has 0 amide bonds. The number of hydrogen-bond acceptors (Lipinski definition) is 2. The Morgan fingerprint density at radius 2 is 1.51 bits per heavy atom. The van der Waals surface area contributed by atoms with Crippen molar-refractivity contribution in [3.63, 3.8) is 0 Å². The van der Waals surface area contributed by atoms with Gasteiger partial charge < -0.3 is 4.74 Å². The van der Waals surface area contributed by atoms with Crippen molar-refractivity contribution in [2.24, 2.45) is 74.9 Å². The van der Waals surface area contributed by atoms with E-state index in [1.807, 2.05) is 0 Å². The van der Waals surface area contributed by atoms with E-state index in [-0.39, 0.29) is 23.4 Å². The van der Waals surface area contributed by atoms with E-state index in [1.54, 1.807) is 5.57 Å². The lowest BCUT2D eigenvalue weighted by Crippen LogP contribution is -2.51. The summed E-state index contributed by atoms with van der Waals surface area (Å²) in [6, 6.07) is 0. The molecule has 0 aromatic carbocycles. The fourth-order valence-electron chi connectivity index (χ4n) is 12.4. The molecule has 0 heterocycles. The average molecular weight is 653 g/mol. The predicted molar refractivity (Wildman–Crippen MR) is 202 cm³/mol. The number of carbonyl (C=O) groups excluding carboxylic acids is 1. The van der Waals surface area contributed by atoms with Gasteiger partial charge in [-0.3, -0.25) is 4.79 Å². The van der Waals surface area contributed by atoms with Gasteiger partial charge in [-0.25, -0.2) is 0 Å². The first-order chi connectivity index (χ1) is 21.7. The molecule has 11 atom stereocenters. The number of rotatable bonds is 13. The van der Waals surface area contributed by atoms with Crippen LogP contribution in [0.15, 0.2) is 11.6 Å². The average Bonchev–Trinajstić information content (AvgIpc) is 3.28. The molecule has 4 aliphatic rings. The Balaban J connectivity index is 1.40. The highest BCUT2D eigenvalue weighted by Gasteiger charge is 2.59. The van der Waals surface area contributed by atoms with Crippen LogP contribution in [-0.2, 0) is 9.53 Å². The van der Waals surface area contributed by atoms with Gasteiger partial charge in [0.1, 0.15) is 6.10 Å². The van der Waals surface area contributed by atoms with Crippen molar-refractivity contribution < 1.29 is 9.53 Å². The van der Waals surface area contributed by atoms with Gasteiger partial charge in [0.25, 0.3) is 0 Å². The topological polar surface area (TPSA) is 26.3 Å². The standard InChI is InChI=1S/C45H80O2/c1-30(2)15-14-16-32(4)38-21-22-39-37-20-18-34-27-35(23-25-44(34,12)40(37)24-26-45(38,39)13)47-41(46)36(33(5)29-43(9,10)11)19-17-31(3)28-42(6,7)8/h18,30-33,35-40H,14-17,19-29H2,1-13H3/t31?,32-,33?,35?,36?,37?,38-,39?,40?,44+,45-/m1/s1. The quantitative estimate of drug-likeness (QED) is 0.146. The minimum atomic E-state index is 0.00812. The van der Waals surface area contributed by atoms with E-state index in [2.05, 4.69) is 96.1 Å². The van der Waals surface area contributed by atoms with Crippen LogP contribution in [0, 0.1) is 74.9 Å². The lowest BCUT2D eigenvalue weighted by Gasteiger charge is -2.58. The molecule has 4 aliphatic carbocycles. The third kappa shape index (κ3) is 9.51. The Labute approximate surface area is 293 Å². The summed E-state index contributed by atoms with van der Waals surface area (Å²) in [5.41, 5.74) is 3.02. The summed E-state index contributed by atoms with van der Waals surface area (Å²) in [4.78, 5) is 14.0. The van der Waals surface area contributed by atoms with Crippen molar-refractivity contribution in [1.29, 1.82) is 0 Å². The molecule has 0 aliphatic heterocycles. The van der Waals surface area contributed by atoms with E-state index >= 15 is 0 Å². The number of carbonyl (C=O) groups is 1. The van der Waals surface area contributed by atoms with Gasteiger partial charge in [0.05, 0.1) is 5.92 Å². The molecular weight excluding hydrogens is 572 g/mol. The zero-order chi connectivity index (χ0) is 34.9. The van der Waals surface area contributed by atoms with Crippen molar-refractivity contribution in [2.75, 3.05) is 0 Å². The summed E-state index contributed by atoms with van der Waals surface area (Å²) in [7, 11) is 0. The van der Waals surface area contributed by atoms with Crippen molar-refractivity contribution in [3.8, 4) is 0 Å². The number of ether oxygens (including phenoxy) is 1. The van der Waals surface area contributed by atoms with E-state index in [4.69, 9.17) is 4.74 Å². The van der Waals surface area contributed by atoms with Gasteiger partial charge in [0.15, 0.2) is 0 Å². The Morgan fingerprint density at radius 3 is 2.15 bits per heavy atom. The normalized spacial score (nSPS) is 35.3. The van der Waals surface area contributed by atoms with Crippen LogP contribution < -0.4 is 0 Å². The van der Waals surface area contributed by atoms with Crippen molar-refractivity contribution in [2.45, 2.75) is 192 Å². The van der Waals surface area contributed by atoms with Crippen LogP contribution in [0.2, 0.25) is 0 Å². The summed E-state index contributed by atoms with van der Waals surface area (Å²) in [6.07, 6.45) is 21.5. The first-order valence-electron chi connectivity index (χ1n) is 20.6. The second-order valence-corrected chi connectivity index (χ2v) is 21.4. The minimum Gasteiger partial charge on any atom is -0.462 e. The minimum absolute atomic E-state index is 0.00812. The number of allylic oxidation sites excluding steroid dienone is 1. The van der Waals surface area contributed by atoms with Crippen molar-refractivity contribution >= 4 is 5.97 Å². The summed E-state index contributed by atoms with van der Waals surface area (Å²) in [5.74, 6) is 6.26. The van der Waals surface area contributed by atoms with Crippen LogP contribution in [-0.4, -0.2) is 12.1 Å². The summed E-state index contributed by atoms with van der Waals surface area (Å²) < 4.78 is 6.55. The van der Waals surface area contributed by atoms with Crippen LogP contribution >= 0.6 is 0 Å². The van der Waals surface area contributed by atoms with E-state index in [0.29, 0.717) is 28.1 Å². The number of esters is 1. The van der Waals surface area contributed by atoms with Gasteiger partial charge >= 0.3 is 5.97 Å². The molecule has 2 nitrogen and oxygen atoms in total. The summed E-state index contributed by atoms with van der Waals surface area (Å²) in [5, 5.41) is 0. The predicted octanol–water partition coefficient (Wildman–Crippen LogP) is 13.5. The van der Waals surface area contributed by atoms with Gasteiger partial charge in [-0.1, -0.05) is 121 Å². The monoisotopic (exact) mass is 653 g/mol. The fraction of sp³-hybridized carbons (Fsp3) is 0.933. The van der Waals surface area contributed by atoms with Crippen molar-refractivity contribution in [3.05, 3.63) is 11.6 Å². The molecule has 0 radical (unpaired) electrons. The molecule has 47 heavy (non-hydrogen) atoms.